The Kier molecular flexibility index (Phi) is 4.60. The number of aryl methyl sites for hydroxylation is 2. The van der Waals surface area contributed by atoms with Crippen molar-refractivity contribution >= 4 is 37.3 Å². The van der Waals surface area contributed by atoms with Crippen molar-refractivity contribution in [2.75, 3.05) is 4.72 Å². The minimum absolute atomic E-state index is 0.238. The molecular formula is C23H20N2O2S2. The number of anilines is 1. The fraction of sp³-hybridized carbons (Fsp3) is 0.174. The Hall–Kier alpha value is -2.70. The number of hydrogen-bond donors (Lipinski definition) is 1. The van der Waals surface area contributed by atoms with Crippen LogP contribution >= 0.6 is 11.3 Å². The summed E-state index contributed by atoms with van der Waals surface area (Å²) < 4.78 is 28.3. The van der Waals surface area contributed by atoms with Gasteiger partial charge in [0.1, 0.15) is 0 Å². The zero-order chi connectivity index (χ0) is 19.8. The highest BCUT2D eigenvalue weighted by Crippen LogP contribution is 2.30. The highest BCUT2D eigenvalue weighted by molar-refractivity contribution is 7.93. The smallest absolute Gasteiger partial charge is 0.255 e. The molecule has 0 bridgehead atoms. The first kappa shape index (κ1) is 18.3. The summed E-state index contributed by atoms with van der Waals surface area (Å²) in [5.41, 5.74) is 4.66. The second kappa shape index (κ2) is 7.28. The van der Waals surface area contributed by atoms with Crippen LogP contribution < -0.4 is 4.72 Å². The van der Waals surface area contributed by atoms with Gasteiger partial charge in [-0.1, -0.05) is 42.5 Å². The zero-order valence-electron chi connectivity index (χ0n) is 15.8. The maximum atomic E-state index is 12.8. The van der Waals surface area contributed by atoms with E-state index in [2.05, 4.69) is 27.9 Å². The summed E-state index contributed by atoms with van der Waals surface area (Å²) in [7, 11) is -3.69. The Morgan fingerprint density at radius 3 is 2.52 bits per heavy atom. The van der Waals surface area contributed by atoms with E-state index in [9.17, 15) is 8.42 Å². The van der Waals surface area contributed by atoms with Crippen LogP contribution in [0, 0.1) is 0 Å². The highest BCUT2D eigenvalue weighted by Gasteiger charge is 2.18. The summed E-state index contributed by atoms with van der Waals surface area (Å²) in [6, 6.07) is 19.3. The number of hydrogen-bond acceptors (Lipinski definition) is 4. The minimum atomic E-state index is -3.69. The highest BCUT2D eigenvalue weighted by atomic mass is 32.2. The first-order chi connectivity index (χ1) is 14.1. The second-order valence-electron chi connectivity index (χ2n) is 7.34. The number of fused-ring (bicyclic) bond motifs is 2. The molecule has 0 fully saturated rings. The van der Waals surface area contributed by atoms with Gasteiger partial charge in [0.05, 0.1) is 10.6 Å². The number of benzene rings is 3. The largest absolute Gasteiger partial charge is 0.263 e. The lowest BCUT2D eigenvalue weighted by Gasteiger charge is -2.16. The van der Waals surface area contributed by atoms with Crippen LogP contribution in [0.4, 0.5) is 5.13 Å². The van der Waals surface area contributed by atoms with Gasteiger partial charge in [0.15, 0.2) is 5.13 Å². The van der Waals surface area contributed by atoms with Crippen molar-refractivity contribution in [2.24, 2.45) is 0 Å². The van der Waals surface area contributed by atoms with Crippen molar-refractivity contribution in [3.8, 4) is 11.3 Å². The molecule has 6 heteroatoms. The zero-order valence-corrected chi connectivity index (χ0v) is 17.4. The Morgan fingerprint density at radius 2 is 1.66 bits per heavy atom. The first-order valence-corrected chi connectivity index (χ1v) is 12.0. The predicted octanol–water partition coefficient (Wildman–Crippen LogP) is 5.64. The molecule has 0 amide bonds. The van der Waals surface area contributed by atoms with E-state index in [1.54, 1.807) is 12.1 Å². The standard InChI is InChI=1S/C23H20N2O2S2/c26-29(27,21-12-11-17-6-2-4-8-19(17)14-21)25-23-24-22(15-28-23)20-10-9-16-5-1-3-7-18(16)13-20/h2,4,6,8-15H,1,3,5,7H2,(H,24,25). The maximum Gasteiger partial charge on any atom is 0.263 e. The fourth-order valence-electron chi connectivity index (χ4n) is 3.85. The molecule has 0 atom stereocenters. The molecule has 0 spiro atoms. The normalized spacial score (nSPS) is 13.9. The molecule has 0 aliphatic heterocycles. The average molecular weight is 421 g/mol. The van der Waals surface area contributed by atoms with Crippen LogP contribution in [-0.4, -0.2) is 13.4 Å². The van der Waals surface area contributed by atoms with Crippen molar-refractivity contribution in [1.29, 1.82) is 0 Å². The van der Waals surface area contributed by atoms with E-state index in [1.165, 1.54) is 35.3 Å². The number of nitrogens with one attached hydrogen (secondary N) is 1. The van der Waals surface area contributed by atoms with Gasteiger partial charge in [0, 0.05) is 10.9 Å². The van der Waals surface area contributed by atoms with Crippen molar-refractivity contribution in [1.82, 2.24) is 4.98 Å². The van der Waals surface area contributed by atoms with Gasteiger partial charge in [-0.2, -0.15) is 0 Å². The molecule has 0 saturated heterocycles. The van der Waals surface area contributed by atoms with Gasteiger partial charge in [-0.25, -0.2) is 13.4 Å². The Labute approximate surface area is 174 Å². The lowest BCUT2D eigenvalue weighted by Crippen LogP contribution is -2.12. The Bertz CT molecular complexity index is 1310. The summed E-state index contributed by atoms with van der Waals surface area (Å²) in [6.45, 7) is 0. The molecule has 1 N–H and O–H groups in total. The van der Waals surface area contributed by atoms with Gasteiger partial charge in [-0.3, -0.25) is 4.72 Å². The number of nitrogens with zero attached hydrogens (tertiary/aromatic N) is 1. The SMILES string of the molecule is O=S(=O)(Nc1nc(-c2ccc3c(c2)CCCC3)cs1)c1ccc2ccccc2c1. The van der Waals surface area contributed by atoms with E-state index in [-0.39, 0.29) is 4.90 Å². The van der Waals surface area contributed by atoms with Crippen LogP contribution in [0.3, 0.4) is 0 Å². The Morgan fingerprint density at radius 1 is 0.862 bits per heavy atom. The van der Waals surface area contributed by atoms with Crippen molar-refractivity contribution in [2.45, 2.75) is 30.6 Å². The van der Waals surface area contributed by atoms with Crippen molar-refractivity contribution < 1.29 is 8.42 Å². The molecule has 29 heavy (non-hydrogen) atoms. The monoisotopic (exact) mass is 420 g/mol. The van der Waals surface area contributed by atoms with E-state index >= 15 is 0 Å². The van der Waals surface area contributed by atoms with Crippen molar-refractivity contribution in [3.63, 3.8) is 0 Å². The second-order valence-corrected chi connectivity index (χ2v) is 9.88. The lowest BCUT2D eigenvalue weighted by atomic mass is 9.90. The topological polar surface area (TPSA) is 59.1 Å². The number of sulfonamides is 1. The summed E-state index contributed by atoms with van der Waals surface area (Å²) in [4.78, 5) is 4.77. The molecule has 1 aliphatic rings. The summed E-state index contributed by atoms with van der Waals surface area (Å²) in [5.74, 6) is 0. The maximum absolute atomic E-state index is 12.8. The molecule has 1 aromatic heterocycles. The van der Waals surface area contributed by atoms with Crippen LogP contribution in [0.2, 0.25) is 0 Å². The van der Waals surface area contributed by atoms with Crippen LogP contribution in [0.5, 0.6) is 0 Å². The quantitative estimate of drug-likeness (QED) is 0.465. The number of aromatic nitrogens is 1. The molecule has 1 heterocycles. The van der Waals surface area contributed by atoms with E-state index in [0.29, 0.717) is 5.13 Å². The molecule has 0 radical (unpaired) electrons. The van der Waals surface area contributed by atoms with Gasteiger partial charge < -0.3 is 0 Å². The van der Waals surface area contributed by atoms with E-state index < -0.39 is 10.0 Å². The third kappa shape index (κ3) is 3.66. The van der Waals surface area contributed by atoms with Crippen LogP contribution in [0.25, 0.3) is 22.0 Å². The molecule has 4 nitrogen and oxygen atoms in total. The third-order valence-corrected chi connectivity index (χ3v) is 7.62. The van der Waals surface area contributed by atoms with Crippen LogP contribution in [0.15, 0.2) is 70.9 Å². The molecule has 146 valence electrons. The average Bonchev–Trinajstić information content (AvgIpc) is 3.21. The Balaban J connectivity index is 1.41. The molecule has 5 rings (SSSR count). The van der Waals surface area contributed by atoms with E-state index in [4.69, 9.17) is 0 Å². The van der Waals surface area contributed by atoms with Gasteiger partial charge in [-0.05, 0) is 65.8 Å². The number of thiazole rings is 1. The van der Waals surface area contributed by atoms with Crippen LogP contribution in [0.1, 0.15) is 24.0 Å². The predicted molar refractivity (Wildman–Crippen MR) is 119 cm³/mol. The summed E-state index contributed by atoms with van der Waals surface area (Å²) in [6.07, 6.45) is 4.73. The molecule has 1 aliphatic carbocycles. The van der Waals surface area contributed by atoms with Gasteiger partial charge in [0.2, 0.25) is 0 Å². The van der Waals surface area contributed by atoms with E-state index in [0.717, 1.165) is 34.9 Å². The van der Waals surface area contributed by atoms with Crippen LogP contribution in [-0.2, 0) is 22.9 Å². The minimum Gasteiger partial charge on any atom is -0.255 e. The third-order valence-electron chi connectivity index (χ3n) is 5.40. The molecule has 0 saturated carbocycles. The van der Waals surface area contributed by atoms with E-state index in [1.807, 2.05) is 35.7 Å². The molecular weight excluding hydrogens is 400 g/mol. The van der Waals surface area contributed by atoms with Crippen molar-refractivity contribution in [3.05, 3.63) is 77.2 Å². The summed E-state index contributed by atoms with van der Waals surface area (Å²) in [5, 5.41) is 4.19. The molecule has 3 aromatic carbocycles. The first-order valence-electron chi connectivity index (χ1n) is 9.68. The molecule has 0 unspecified atom stereocenters. The molecule has 4 aromatic rings. The lowest BCUT2D eigenvalue weighted by molar-refractivity contribution is 0.601. The fourth-order valence-corrected chi connectivity index (χ4v) is 5.86. The number of rotatable bonds is 4. The van der Waals surface area contributed by atoms with Gasteiger partial charge in [-0.15, -0.1) is 11.3 Å². The van der Waals surface area contributed by atoms with Gasteiger partial charge >= 0.3 is 0 Å². The summed E-state index contributed by atoms with van der Waals surface area (Å²) >= 11 is 1.31. The van der Waals surface area contributed by atoms with Gasteiger partial charge in [0.25, 0.3) is 10.0 Å².